The average molecular weight is 409 g/mol. The molecule has 9 heteroatoms. The minimum Gasteiger partial charge on any atom is -0.330 e. The molecule has 1 aromatic heterocycles. The van der Waals surface area contributed by atoms with Crippen LogP contribution in [0.4, 0.5) is 20.9 Å². The summed E-state index contributed by atoms with van der Waals surface area (Å²) in [5.41, 5.74) is 2.22. The van der Waals surface area contributed by atoms with Crippen molar-refractivity contribution >= 4 is 57.1 Å². The number of anilines is 3. The molecule has 0 aliphatic rings. The van der Waals surface area contributed by atoms with Crippen molar-refractivity contribution in [3.63, 3.8) is 0 Å². The lowest BCUT2D eigenvalue weighted by atomic mass is 10.2. The monoisotopic (exact) mass is 408 g/mol. The van der Waals surface area contributed by atoms with Gasteiger partial charge in [0, 0.05) is 16.4 Å². The van der Waals surface area contributed by atoms with Gasteiger partial charge in [0.15, 0.2) is 4.34 Å². The van der Waals surface area contributed by atoms with Gasteiger partial charge in [-0.15, -0.1) is 10.2 Å². The van der Waals surface area contributed by atoms with E-state index >= 15 is 0 Å². The number of hydrogen-bond acceptors (Lipinski definition) is 6. The van der Waals surface area contributed by atoms with Gasteiger partial charge in [-0.05, 0) is 48.9 Å². The summed E-state index contributed by atoms with van der Waals surface area (Å²) in [5, 5.41) is 15.0. The molecular formula is C17H14ClFN4OS2. The Labute approximate surface area is 163 Å². The lowest BCUT2D eigenvalue weighted by Crippen LogP contribution is -2.14. The predicted octanol–water partition coefficient (Wildman–Crippen LogP) is 5.11. The van der Waals surface area contributed by atoms with Crippen LogP contribution < -0.4 is 10.6 Å². The Morgan fingerprint density at radius 2 is 2.12 bits per heavy atom. The van der Waals surface area contributed by atoms with Crippen molar-refractivity contribution in [1.82, 2.24) is 10.2 Å². The molecule has 0 unspecified atom stereocenters. The number of thioether (sulfide) groups is 1. The molecule has 0 aliphatic heterocycles. The molecular weight excluding hydrogens is 395 g/mol. The molecule has 134 valence electrons. The van der Waals surface area contributed by atoms with Gasteiger partial charge >= 0.3 is 0 Å². The Hall–Kier alpha value is -2.16. The van der Waals surface area contributed by atoms with Crippen LogP contribution >= 0.6 is 34.7 Å². The highest BCUT2D eigenvalue weighted by atomic mass is 35.5. The second-order valence-corrected chi connectivity index (χ2v) is 7.94. The fourth-order valence-corrected chi connectivity index (χ4v) is 3.89. The van der Waals surface area contributed by atoms with E-state index < -0.39 is 0 Å². The first-order valence-corrected chi connectivity index (χ1v) is 9.72. The number of aromatic nitrogens is 2. The minimum atomic E-state index is -0.330. The second-order valence-electron chi connectivity index (χ2n) is 5.30. The van der Waals surface area contributed by atoms with Gasteiger partial charge in [-0.3, -0.25) is 4.79 Å². The number of halogens is 2. The first-order valence-electron chi connectivity index (χ1n) is 7.54. The Balaban J connectivity index is 1.53. The van der Waals surface area contributed by atoms with Gasteiger partial charge in [-0.25, -0.2) is 4.39 Å². The Bertz CT molecular complexity index is 935. The van der Waals surface area contributed by atoms with Crippen LogP contribution in [0.25, 0.3) is 0 Å². The molecule has 0 fully saturated rings. The topological polar surface area (TPSA) is 66.9 Å². The average Bonchev–Trinajstić information content (AvgIpc) is 3.03. The standard InChI is InChI=1S/C17H14ClFN4OS2/c1-10-7-11(18)5-6-14(10)21-15(24)9-25-17-23-22-16(26-17)20-13-4-2-3-12(19)8-13/h2-8H,9H2,1H3,(H,20,22)(H,21,24). The number of rotatable bonds is 6. The van der Waals surface area contributed by atoms with Crippen molar-refractivity contribution in [2.75, 3.05) is 16.4 Å². The maximum Gasteiger partial charge on any atom is 0.234 e. The third kappa shape index (κ3) is 5.17. The lowest BCUT2D eigenvalue weighted by molar-refractivity contribution is -0.113. The molecule has 0 spiro atoms. The van der Waals surface area contributed by atoms with Gasteiger partial charge in [-0.2, -0.15) is 0 Å². The van der Waals surface area contributed by atoms with E-state index in [0.717, 1.165) is 11.3 Å². The van der Waals surface area contributed by atoms with Gasteiger partial charge in [0.25, 0.3) is 0 Å². The molecule has 0 aliphatic carbocycles. The molecule has 0 saturated carbocycles. The summed E-state index contributed by atoms with van der Waals surface area (Å²) in [6.07, 6.45) is 0. The van der Waals surface area contributed by atoms with Crippen LogP contribution in [0.1, 0.15) is 5.56 Å². The SMILES string of the molecule is Cc1cc(Cl)ccc1NC(=O)CSc1nnc(Nc2cccc(F)c2)s1. The van der Waals surface area contributed by atoms with Crippen molar-refractivity contribution in [1.29, 1.82) is 0 Å². The van der Waals surface area contributed by atoms with Crippen LogP contribution in [-0.2, 0) is 4.79 Å². The molecule has 0 bridgehead atoms. The number of nitrogens with one attached hydrogen (secondary N) is 2. The smallest absolute Gasteiger partial charge is 0.234 e. The molecule has 1 amide bonds. The van der Waals surface area contributed by atoms with Crippen molar-refractivity contribution in [2.24, 2.45) is 0 Å². The van der Waals surface area contributed by atoms with E-state index in [1.807, 2.05) is 6.92 Å². The molecule has 3 aromatic rings. The summed E-state index contributed by atoms with van der Waals surface area (Å²) in [6.45, 7) is 1.88. The van der Waals surface area contributed by atoms with Crippen LogP contribution in [0.3, 0.4) is 0 Å². The van der Waals surface area contributed by atoms with Crippen molar-refractivity contribution in [3.05, 3.63) is 58.9 Å². The Kier molecular flexibility index (Phi) is 6.08. The van der Waals surface area contributed by atoms with E-state index in [0.29, 0.717) is 20.2 Å². The zero-order chi connectivity index (χ0) is 18.5. The fraction of sp³-hybridized carbons (Fsp3) is 0.118. The van der Waals surface area contributed by atoms with Crippen molar-refractivity contribution in [2.45, 2.75) is 11.3 Å². The molecule has 26 heavy (non-hydrogen) atoms. The quantitative estimate of drug-likeness (QED) is 0.554. The normalized spacial score (nSPS) is 10.6. The second kappa shape index (κ2) is 8.48. The fourth-order valence-electron chi connectivity index (χ4n) is 2.09. The summed E-state index contributed by atoms with van der Waals surface area (Å²) in [5.74, 6) is -0.269. The van der Waals surface area contributed by atoms with Crippen molar-refractivity contribution < 1.29 is 9.18 Å². The maximum absolute atomic E-state index is 13.2. The largest absolute Gasteiger partial charge is 0.330 e. The van der Waals surface area contributed by atoms with Crippen LogP contribution in [-0.4, -0.2) is 21.9 Å². The van der Waals surface area contributed by atoms with Gasteiger partial charge in [0.2, 0.25) is 11.0 Å². The summed E-state index contributed by atoms with van der Waals surface area (Å²) < 4.78 is 13.8. The van der Waals surface area contributed by atoms with Crippen LogP contribution in [0.15, 0.2) is 46.8 Å². The summed E-state index contributed by atoms with van der Waals surface area (Å²) >= 11 is 8.49. The molecule has 5 nitrogen and oxygen atoms in total. The van der Waals surface area contributed by atoms with Crippen LogP contribution in [0.5, 0.6) is 0 Å². The Morgan fingerprint density at radius 1 is 1.27 bits per heavy atom. The number of amides is 1. The first-order chi connectivity index (χ1) is 12.5. The van der Waals surface area contributed by atoms with E-state index in [1.54, 1.807) is 30.3 Å². The number of carbonyl (C=O) groups excluding carboxylic acids is 1. The third-order valence-electron chi connectivity index (χ3n) is 3.27. The predicted molar refractivity (Wildman–Crippen MR) is 105 cm³/mol. The highest BCUT2D eigenvalue weighted by Crippen LogP contribution is 2.28. The van der Waals surface area contributed by atoms with Gasteiger partial charge < -0.3 is 10.6 Å². The van der Waals surface area contributed by atoms with Gasteiger partial charge in [-0.1, -0.05) is 40.8 Å². The zero-order valence-corrected chi connectivity index (χ0v) is 16.0. The number of benzene rings is 2. The van der Waals surface area contributed by atoms with E-state index in [2.05, 4.69) is 20.8 Å². The van der Waals surface area contributed by atoms with E-state index in [1.165, 1.54) is 35.2 Å². The molecule has 1 heterocycles. The summed E-state index contributed by atoms with van der Waals surface area (Å²) in [4.78, 5) is 12.1. The third-order valence-corrected chi connectivity index (χ3v) is 5.48. The van der Waals surface area contributed by atoms with Crippen molar-refractivity contribution in [3.8, 4) is 0 Å². The van der Waals surface area contributed by atoms with Crippen LogP contribution in [0, 0.1) is 12.7 Å². The highest BCUT2D eigenvalue weighted by Gasteiger charge is 2.10. The molecule has 2 aromatic carbocycles. The summed E-state index contributed by atoms with van der Waals surface area (Å²) in [7, 11) is 0. The zero-order valence-electron chi connectivity index (χ0n) is 13.6. The molecule has 0 atom stereocenters. The lowest BCUT2D eigenvalue weighted by Gasteiger charge is -2.07. The van der Waals surface area contributed by atoms with Gasteiger partial charge in [0.1, 0.15) is 5.82 Å². The van der Waals surface area contributed by atoms with E-state index in [4.69, 9.17) is 11.6 Å². The van der Waals surface area contributed by atoms with E-state index in [-0.39, 0.29) is 17.5 Å². The minimum absolute atomic E-state index is 0.143. The molecule has 3 rings (SSSR count). The molecule has 0 radical (unpaired) electrons. The molecule has 2 N–H and O–H groups in total. The maximum atomic E-state index is 13.2. The summed E-state index contributed by atoms with van der Waals surface area (Å²) in [6, 6.07) is 11.4. The van der Waals surface area contributed by atoms with Gasteiger partial charge in [0.05, 0.1) is 5.75 Å². The first kappa shape index (κ1) is 18.6. The number of nitrogens with zero attached hydrogens (tertiary/aromatic N) is 2. The number of aryl methyl sites for hydroxylation is 1. The number of carbonyl (C=O) groups is 1. The Morgan fingerprint density at radius 3 is 2.88 bits per heavy atom. The van der Waals surface area contributed by atoms with Crippen LogP contribution in [0.2, 0.25) is 5.02 Å². The van der Waals surface area contributed by atoms with E-state index in [9.17, 15) is 9.18 Å². The molecule has 0 saturated heterocycles. The number of hydrogen-bond donors (Lipinski definition) is 2. The highest BCUT2D eigenvalue weighted by molar-refractivity contribution is 8.01.